The van der Waals surface area contributed by atoms with Gasteiger partial charge in [0.1, 0.15) is 5.69 Å². The van der Waals surface area contributed by atoms with E-state index in [4.69, 9.17) is 0 Å². The predicted octanol–water partition coefficient (Wildman–Crippen LogP) is -0.712. The first kappa shape index (κ1) is 19.1. The summed E-state index contributed by atoms with van der Waals surface area (Å²) < 4.78 is 2.35. The van der Waals surface area contributed by atoms with Crippen molar-refractivity contribution in [2.24, 2.45) is 14.1 Å². The summed E-state index contributed by atoms with van der Waals surface area (Å²) in [5, 5.41) is 3.25. The molecule has 0 aliphatic carbocycles. The average Bonchev–Trinajstić information content (AvgIpc) is 2.58. The van der Waals surface area contributed by atoms with E-state index in [-0.39, 0.29) is 18.1 Å². The highest BCUT2D eigenvalue weighted by molar-refractivity contribution is 5.94. The quantitative estimate of drug-likeness (QED) is 0.711. The van der Waals surface area contributed by atoms with E-state index in [0.717, 1.165) is 36.3 Å². The molecule has 2 heterocycles. The second-order valence-corrected chi connectivity index (χ2v) is 6.58. The Morgan fingerprint density at radius 1 is 1.24 bits per heavy atom. The Balaban J connectivity index is 2.35. The highest BCUT2D eigenvalue weighted by atomic mass is 16.2. The fourth-order valence-corrected chi connectivity index (χ4v) is 2.73. The number of aromatic nitrogens is 2. The number of piperazine rings is 1. The molecule has 0 radical (unpaired) electrons. The predicted molar refractivity (Wildman–Crippen MR) is 98.0 cm³/mol. The number of allylic oxidation sites excluding steroid dienone is 1. The molecule has 138 valence electrons. The molecular formula is C17H27N5O3. The molecule has 1 aromatic rings. The number of amides is 1. The monoisotopic (exact) mass is 349 g/mol. The maximum Gasteiger partial charge on any atom is 0.330 e. The molecule has 1 saturated heterocycles. The lowest BCUT2D eigenvalue weighted by molar-refractivity contribution is -0.119. The Labute approximate surface area is 147 Å². The largest absolute Gasteiger partial charge is 0.330 e. The molecule has 8 heteroatoms. The summed E-state index contributed by atoms with van der Waals surface area (Å²) in [6.45, 7) is 7.74. The fraction of sp³-hybridized carbons (Fsp3) is 0.588. The standard InChI is InChI=1S/C17H27N5O3/c1-13(2)5-8-22(15(23)12-21-9-6-18-7-10-21)14-11-19(3)17(25)20(4)16(14)24/h5,11,18H,6-10,12H2,1-4H3. The van der Waals surface area contributed by atoms with E-state index in [1.807, 2.05) is 19.9 Å². The summed E-state index contributed by atoms with van der Waals surface area (Å²) in [5.74, 6) is -0.143. The molecule has 1 aliphatic rings. The van der Waals surface area contributed by atoms with Crippen LogP contribution < -0.4 is 21.5 Å². The van der Waals surface area contributed by atoms with Crippen molar-refractivity contribution in [2.75, 3.05) is 44.2 Å². The zero-order chi connectivity index (χ0) is 18.6. The summed E-state index contributed by atoms with van der Waals surface area (Å²) in [4.78, 5) is 40.9. The lowest BCUT2D eigenvalue weighted by atomic mass is 10.2. The zero-order valence-electron chi connectivity index (χ0n) is 15.4. The number of hydrogen-bond donors (Lipinski definition) is 1. The molecule has 0 spiro atoms. The summed E-state index contributed by atoms with van der Waals surface area (Å²) in [5.41, 5.74) is 0.410. The van der Waals surface area contributed by atoms with Crippen molar-refractivity contribution in [3.8, 4) is 0 Å². The Morgan fingerprint density at radius 3 is 2.48 bits per heavy atom. The van der Waals surface area contributed by atoms with Crippen LogP contribution in [0.15, 0.2) is 27.4 Å². The molecule has 0 aromatic carbocycles. The number of hydrogen-bond acceptors (Lipinski definition) is 5. The Hall–Kier alpha value is -2.19. The van der Waals surface area contributed by atoms with Crippen molar-refractivity contribution < 1.29 is 4.79 Å². The smallest absolute Gasteiger partial charge is 0.314 e. The third-order valence-electron chi connectivity index (χ3n) is 4.27. The molecule has 25 heavy (non-hydrogen) atoms. The number of nitrogens with one attached hydrogen (secondary N) is 1. The minimum Gasteiger partial charge on any atom is -0.314 e. The van der Waals surface area contributed by atoms with Gasteiger partial charge < -0.3 is 14.8 Å². The Morgan fingerprint density at radius 2 is 1.88 bits per heavy atom. The van der Waals surface area contributed by atoms with Gasteiger partial charge in [-0.25, -0.2) is 4.79 Å². The summed E-state index contributed by atoms with van der Waals surface area (Å²) in [6.07, 6.45) is 3.35. The maximum absolute atomic E-state index is 12.9. The molecule has 8 nitrogen and oxygen atoms in total. The van der Waals surface area contributed by atoms with Gasteiger partial charge in [0, 0.05) is 53.0 Å². The van der Waals surface area contributed by atoms with Gasteiger partial charge in [-0.3, -0.25) is 19.1 Å². The summed E-state index contributed by atoms with van der Waals surface area (Å²) >= 11 is 0. The van der Waals surface area contributed by atoms with Gasteiger partial charge in [0.25, 0.3) is 5.56 Å². The number of rotatable bonds is 5. The summed E-state index contributed by atoms with van der Waals surface area (Å²) in [6, 6.07) is 0. The van der Waals surface area contributed by atoms with E-state index in [1.54, 1.807) is 7.05 Å². The van der Waals surface area contributed by atoms with Gasteiger partial charge in [0.2, 0.25) is 5.91 Å². The van der Waals surface area contributed by atoms with Crippen molar-refractivity contribution in [1.29, 1.82) is 0 Å². The number of anilines is 1. The van der Waals surface area contributed by atoms with Crippen LogP contribution in [-0.4, -0.2) is 59.2 Å². The van der Waals surface area contributed by atoms with E-state index in [1.165, 1.54) is 22.7 Å². The van der Waals surface area contributed by atoms with Gasteiger partial charge in [-0.05, 0) is 13.8 Å². The van der Waals surface area contributed by atoms with Gasteiger partial charge in [-0.1, -0.05) is 11.6 Å². The van der Waals surface area contributed by atoms with Crippen LogP contribution in [0, 0.1) is 0 Å². The van der Waals surface area contributed by atoms with Gasteiger partial charge in [0.05, 0.1) is 6.54 Å². The summed E-state index contributed by atoms with van der Waals surface area (Å²) in [7, 11) is 3.00. The van der Waals surface area contributed by atoms with Gasteiger partial charge in [0.15, 0.2) is 0 Å². The van der Waals surface area contributed by atoms with Gasteiger partial charge >= 0.3 is 5.69 Å². The van der Waals surface area contributed by atoms with Crippen LogP contribution in [0.25, 0.3) is 0 Å². The first-order chi connectivity index (χ1) is 11.8. The first-order valence-electron chi connectivity index (χ1n) is 8.44. The number of carbonyl (C=O) groups is 1. The highest BCUT2D eigenvalue weighted by Crippen LogP contribution is 2.09. The van der Waals surface area contributed by atoms with Crippen LogP contribution in [0.1, 0.15) is 13.8 Å². The van der Waals surface area contributed by atoms with Crippen molar-refractivity contribution in [3.63, 3.8) is 0 Å². The second kappa shape index (κ2) is 8.26. The van der Waals surface area contributed by atoms with Crippen LogP contribution in [-0.2, 0) is 18.9 Å². The van der Waals surface area contributed by atoms with E-state index >= 15 is 0 Å². The van der Waals surface area contributed by atoms with Crippen LogP contribution in [0.3, 0.4) is 0 Å². The molecule has 1 amide bonds. The molecule has 1 aliphatic heterocycles. The van der Waals surface area contributed by atoms with Crippen LogP contribution in [0.2, 0.25) is 0 Å². The van der Waals surface area contributed by atoms with Gasteiger partial charge in [-0.2, -0.15) is 0 Å². The third-order valence-corrected chi connectivity index (χ3v) is 4.27. The van der Waals surface area contributed by atoms with Crippen molar-refractivity contribution in [1.82, 2.24) is 19.4 Å². The molecular weight excluding hydrogens is 322 g/mol. The van der Waals surface area contributed by atoms with E-state index in [9.17, 15) is 14.4 Å². The SMILES string of the molecule is CC(C)=CCN(C(=O)CN1CCNCC1)c1cn(C)c(=O)n(C)c1=O. The molecule has 1 N–H and O–H groups in total. The number of aryl methyl sites for hydroxylation is 1. The second-order valence-electron chi connectivity index (χ2n) is 6.58. The van der Waals surface area contributed by atoms with Crippen molar-refractivity contribution >= 4 is 11.6 Å². The van der Waals surface area contributed by atoms with Crippen molar-refractivity contribution in [2.45, 2.75) is 13.8 Å². The molecule has 2 rings (SSSR count). The molecule has 0 unspecified atom stereocenters. The van der Waals surface area contributed by atoms with Crippen LogP contribution in [0.4, 0.5) is 5.69 Å². The minimum atomic E-state index is -0.459. The third kappa shape index (κ3) is 4.67. The zero-order valence-corrected chi connectivity index (χ0v) is 15.4. The van der Waals surface area contributed by atoms with Crippen LogP contribution >= 0.6 is 0 Å². The lowest BCUT2D eigenvalue weighted by Crippen LogP contribution is -2.50. The molecule has 0 bridgehead atoms. The van der Waals surface area contributed by atoms with E-state index in [2.05, 4.69) is 10.2 Å². The maximum atomic E-state index is 12.9. The lowest BCUT2D eigenvalue weighted by Gasteiger charge is -2.29. The molecule has 1 aromatic heterocycles. The molecule has 0 saturated carbocycles. The van der Waals surface area contributed by atoms with Crippen molar-refractivity contribution in [3.05, 3.63) is 38.7 Å². The number of carbonyl (C=O) groups excluding carboxylic acids is 1. The molecule has 0 atom stereocenters. The average molecular weight is 349 g/mol. The number of nitrogens with zero attached hydrogens (tertiary/aromatic N) is 4. The highest BCUT2D eigenvalue weighted by Gasteiger charge is 2.23. The topological polar surface area (TPSA) is 79.6 Å². The fourth-order valence-electron chi connectivity index (χ4n) is 2.73. The molecule has 1 fully saturated rings. The minimum absolute atomic E-state index is 0.143. The van der Waals surface area contributed by atoms with Gasteiger partial charge in [-0.15, -0.1) is 0 Å². The van der Waals surface area contributed by atoms with E-state index < -0.39 is 11.2 Å². The Kier molecular flexibility index (Phi) is 6.33. The van der Waals surface area contributed by atoms with E-state index in [0.29, 0.717) is 6.54 Å². The first-order valence-corrected chi connectivity index (χ1v) is 8.44. The Bertz CT molecular complexity index is 767. The van der Waals surface area contributed by atoms with Crippen LogP contribution in [0.5, 0.6) is 0 Å². The normalized spacial score (nSPS) is 15.0.